The molecular formula is C15H14O3. The summed E-state index contributed by atoms with van der Waals surface area (Å²) in [6, 6.07) is 11.0. The molecule has 0 amide bonds. The molecule has 18 heavy (non-hydrogen) atoms. The van der Waals surface area contributed by atoms with E-state index in [1.54, 1.807) is 25.1 Å². The number of esters is 1. The number of phenols is 1. The number of hydrogen-bond acceptors (Lipinski definition) is 3. The number of hydrogen-bond donors (Lipinski definition) is 1. The Morgan fingerprint density at radius 3 is 2.78 bits per heavy atom. The van der Waals surface area contributed by atoms with Gasteiger partial charge in [-0.2, -0.15) is 0 Å². The second-order valence-corrected chi connectivity index (χ2v) is 3.88. The van der Waals surface area contributed by atoms with Crippen LogP contribution < -0.4 is 0 Å². The number of fused-ring (bicyclic) bond motifs is 1. The fraction of sp³-hybridized carbons (Fsp3) is 0.133. The lowest BCUT2D eigenvalue weighted by Gasteiger charge is -2.00. The van der Waals surface area contributed by atoms with Crippen molar-refractivity contribution in [1.29, 1.82) is 0 Å². The molecule has 1 N–H and O–H groups in total. The standard InChI is InChI=1S/C15H14O3/c1-2-18-15(17)8-4-11-3-5-12-6-7-14(16)10-13(12)9-11/h3-10,16H,2H2,1H3. The van der Waals surface area contributed by atoms with Gasteiger partial charge in [0.25, 0.3) is 0 Å². The number of carbonyl (C=O) groups is 1. The number of ether oxygens (including phenoxy) is 1. The van der Waals surface area contributed by atoms with E-state index in [1.165, 1.54) is 6.08 Å². The predicted octanol–water partition coefficient (Wildman–Crippen LogP) is 3.12. The minimum Gasteiger partial charge on any atom is -0.508 e. The highest BCUT2D eigenvalue weighted by atomic mass is 16.5. The second-order valence-electron chi connectivity index (χ2n) is 3.88. The Balaban J connectivity index is 2.27. The Hall–Kier alpha value is -2.29. The maximum Gasteiger partial charge on any atom is 0.330 e. The summed E-state index contributed by atoms with van der Waals surface area (Å²) in [6.45, 7) is 2.14. The van der Waals surface area contributed by atoms with Gasteiger partial charge >= 0.3 is 5.97 Å². The molecule has 3 heteroatoms. The van der Waals surface area contributed by atoms with E-state index in [1.807, 2.05) is 24.3 Å². The zero-order chi connectivity index (χ0) is 13.0. The van der Waals surface area contributed by atoms with Crippen molar-refractivity contribution in [3.8, 4) is 5.75 Å². The minimum absolute atomic E-state index is 0.231. The molecule has 3 nitrogen and oxygen atoms in total. The van der Waals surface area contributed by atoms with Gasteiger partial charge in [0, 0.05) is 6.08 Å². The van der Waals surface area contributed by atoms with E-state index in [-0.39, 0.29) is 11.7 Å². The van der Waals surface area contributed by atoms with E-state index < -0.39 is 0 Å². The van der Waals surface area contributed by atoms with Gasteiger partial charge in [-0.1, -0.05) is 18.2 Å². The molecule has 0 aliphatic heterocycles. The first-order chi connectivity index (χ1) is 8.69. The van der Waals surface area contributed by atoms with Gasteiger partial charge in [-0.05, 0) is 47.5 Å². The zero-order valence-electron chi connectivity index (χ0n) is 10.1. The molecule has 0 unspecified atom stereocenters. The second kappa shape index (κ2) is 5.36. The highest BCUT2D eigenvalue weighted by molar-refractivity contribution is 5.90. The smallest absolute Gasteiger partial charge is 0.330 e. The number of carbonyl (C=O) groups excluding carboxylic acids is 1. The summed E-state index contributed by atoms with van der Waals surface area (Å²) in [4.78, 5) is 11.2. The number of benzene rings is 2. The molecular weight excluding hydrogens is 228 g/mol. The van der Waals surface area contributed by atoms with E-state index >= 15 is 0 Å². The highest BCUT2D eigenvalue weighted by Crippen LogP contribution is 2.21. The van der Waals surface area contributed by atoms with Crippen LogP contribution in [0.4, 0.5) is 0 Å². The van der Waals surface area contributed by atoms with Gasteiger partial charge in [0.15, 0.2) is 0 Å². The van der Waals surface area contributed by atoms with Crippen molar-refractivity contribution in [2.24, 2.45) is 0 Å². The molecule has 2 aromatic carbocycles. The van der Waals surface area contributed by atoms with Crippen molar-refractivity contribution >= 4 is 22.8 Å². The SMILES string of the molecule is CCOC(=O)C=Cc1ccc2ccc(O)cc2c1. The van der Waals surface area contributed by atoms with Crippen LogP contribution in [0.2, 0.25) is 0 Å². The quantitative estimate of drug-likeness (QED) is 0.664. The van der Waals surface area contributed by atoms with Crippen LogP contribution in [0.5, 0.6) is 5.75 Å². The average Bonchev–Trinajstić information content (AvgIpc) is 2.36. The molecule has 0 saturated carbocycles. The van der Waals surface area contributed by atoms with Crippen molar-refractivity contribution in [3.05, 3.63) is 48.0 Å². The molecule has 0 bridgehead atoms. The highest BCUT2D eigenvalue weighted by Gasteiger charge is 1.97. The zero-order valence-corrected chi connectivity index (χ0v) is 10.1. The Labute approximate surface area is 105 Å². The van der Waals surface area contributed by atoms with Crippen LogP contribution in [0.15, 0.2) is 42.5 Å². The van der Waals surface area contributed by atoms with Gasteiger partial charge in [-0.15, -0.1) is 0 Å². The normalized spacial score (nSPS) is 10.9. The first-order valence-corrected chi connectivity index (χ1v) is 5.76. The summed E-state index contributed by atoms with van der Waals surface area (Å²) in [6.07, 6.45) is 3.09. The van der Waals surface area contributed by atoms with Gasteiger partial charge < -0.3 is 9.84 Å². The molecule has 0 heterocycles. The molecule has 2 rings (SSSR count). The Morgan fingerprint density at radius 2 is 2.00 bits per heavy atom. The van der Waals surface area contributed by atoms with Crippen LogP contribution in [-0.4, -0.2) is 17.7 Å². The topological polar surface area (TPSA) is 46.5 Å². The molecule has 0 fully saturated rings. The van der Waals surface area contributed by atoms with Crippen molar-refractivity contribution in [2.75, 3.05) is 6.61 Å². The van der Waals surface area contributed by atoms with Crippen LogP contribution in [0.3, 0.4) is 0 Å². The summed E-state index contributed by atoms with van der Waals surface area (Å²) >= 11 is 0. The van der Waals surface area contributed by atoms with E-state index in [0.717, 1.165) is 16.3 Å². The van der Waals surface area contributed by atoms with Gasteiger partial charge in [0.1, 0.15) is 5.75 Å². The molecule has 92 valence electrons. The number of phenolic OH excluding ortho intramolecular Hbond substituents is 1. The summed E-state index contributed by atoms with van der Waals surface area (Å²) in [5, 5.41) is 11.4. The number of aromatic hydroxyl groups is 1. The Kier molecular flexibility index (Phi) is 3.63. The molecule has 0 saturated heterocycles. The van der Waals surface area contributed by atoms with Crippen LogP contribution in [0, 0.1) is 0 Å². The lowest BCUT2D eigenvalue weighted by atomic mass is 10.1. The van der Waals surface area contributed by atoms with Crippen molar-refractivity contribution in [2.45, 2.75) is 6.92 Å². The molecule has 2 aromatic rings. The fourth-order valence-electron chi connectivity index (χ4n) is 1.71. The molecule has 0 aliphatic rings. The van der Waals surface area contributed by atoms with E-state index in [0.29, 0.717) is 6.61 Å². The van der Waals surface area contributed by atoms with Crippen LogP contribution >= 0.6 is 0 Å². The fourth-order valence-corrected chi connectivity index (χ4v) is 1.71. The lowest BCUT2D eigenvalue weighted by molar-refractivity contribution is -0.137. The Morgan fingerprint density at radius 1 is 1.22 bits per heavy atom. The largest absolute Gasteiger partial charge is 0.508 e. The van der Waals surface area contributed by atoms with Crippen LogP contribution in [0.25, 0.3) is 16.8 Å². The van der Waals surface area contributed by atoms with E-state index in [4.69, 9.17) is 4.74 Å². The third-order valence-electron chi connectivity index (χ3n) is 2.55. The maximum atomic E-state index is 11.2. The third-order valence-corrected chi connectivity index (χ3v) is 2.55. The van der Waals surface area contributed by atoms with Crippen LogP contribution in [-0.2, 0) is 9.53 Å². The minimum atomic E-state index is -0.353. The van der Waals surface area contributed by atoms with Gasteiger partial charge in [0.2, 0.25) is 0 Å². The van der Waals surface area contributed by atoms with Crippen molar-refractivity contribution < 1.29 is 14.6 Å². The summed E-state index contributed by atoms with van der Waals surface area (Å²) < 4.78 is 4.80. The van der Waals surface area contributed by atoms with Gasteiger partial charge in [-0.3, -0.25) is 0 Å². The first-order valence-electron chi connectivity index (χ1n) is 5.76. The molecule has 0 atom stereocenters. The van der Waals surface area contributed by atoms with Crippen molar-refractivity contribution in [1.82, 2.24) is 0 Å². The van der Waals surface area contributed by atoms with E-state index in [2.05, 4.69) is 0 Å². The summed E-state index contributed by atoms with van der Waals surface area (Å²) in [5.74, 6) is -0.123. The molecule has 0 aliphatic carbocycles. The molecule has 0 spiro atoms. The monoisotopic (exact) mass is 242 g/mol. The predicted molar refractivity (Wildman–Crippen MR) is 71.3 cm³/mol. The Bertz CT molecular complexity index is 600. The first kappa shape index (κ1) is 12.2. The third kappa shape index (κ3) is 2.88. The van der Waals surface area contributed by atoms with Gasteiger partial charge in [-0.25, -0.2) is 4.79 Å². The maximum absolute atomic E-state index is 11.2. The van der Waals surface area contributed by atoms with Crippen LogP contribution in [0.1, 0.15) is 12.5 Å². The molecule has 0 radical (unpaired) electrons. The summed E-state index contributed by atoms with van der Waals surface area (Å²) in [7, 11) is 0. The summed E-state index contributed by atoms with van der Waals surface area (Å²) in [5.41, 5.74) is 0.890. The number of rotatable bonds is 3. The van der Waals surface area contributed by atoms with Crippen molar-refractivity contribution in [3.63, 3.8) is 0 Å². The van der Waals surface area contributed by atoms with Gasteiger partial charge in [0.05, 0.1) is 6.61 Å². The lowest BCUT2D eigenvalue weighted by Crippen LogP contribution is -1.98. The molecule has 0 aromatic heterocycles. The van der Waals surface area contributed by atoms with E-state index in [9.17, 15) is 9.90 Å². The average molecular weight is 242 g/mol.